The minimum atomic E-state index is -0.265. The van der Waals surface area contributed by atoms with Gasteiger partial charge in [-0.1, -0.05) is 0 Å². The molecule has 2 aromatic heterocycles. The molecule has 0 spiro atoms. The highest BCUT2D eigenvalue weighted by Gasteiger charge is 2.07. The van der Waals surface area contributed by atoms with E-state index in [4.69, 9.17) is 0 Å². The fourth-order valence-corrected chi connectivity index (χ4v) is 2.52. The largest absolute Gasteiger partial charge is 0.312 e. The molecule has 3 aromatic rings. The number of nitrogens with one attached hydrogen (secondary N) is 3. The molecule has 0 bridgehead atoms. The molecule has 0 fully saturated rings. The lowest BCUT2D eigenvalue weighted by Gasteiger charge is -2.06. The normalized spacial score (nSPS) is 10.9. The summed E-state index contributed by atoms with van der Waals surface area (Å²) in [7, 11) is 0. The molecule has 0 unspecified atom stereocenters. The van der Waals surface area contributed by atoms with Gasteiger partial charge in [0.15, 0.2) is 0 Å². The first-order valence-corrected chi connectivity index (χ1v) is 7.67. The predicted octanol–water partition coefficient (Wildman–Crippen LogP) is 1.94. The molecule has 3 rings (SSSR count). The van der Waals surface area contributed by atoms with E-state index in [2.05, 4.69) is 25.5 Å². The van der Waals surface area contributed by atoms with E-state index >= 15 is 0 Å². The van der Waals surface area contributed by atoms with Crippen molar-refractivity contribution in [3.8, 4) is 11.3 Å². The van der Waals surface area contributed by atoms with Crippen LogP contribution in [-0.2, 0) is 13.0 Å². The lowest BCUT2D eigenvalue weighted by molar-refractivity contribution is 0.628. The van der Waals surface area contributed by atoms with Crippen LogP contribution >= 0.6 is 0 Å². The van der Waals surface area contributed by atoms with Gasteiger partial charge < -0.3 is 10.3 Å². The van der Waals surface area contributed by atoms with E-state index in [0.29, 0.717) is 25.3 Å². The van der Waals surface area contributed by atoms with Crippen molar-refractivity contribution in [1.82, 2.24) is 25.5 Å². The molecule has 7 heteroatoms. The van der Waals surface area contributed by atoms with Crippen LogP contribution in [0.1, 0.15) is 17.1 Å². The van der Waals surface area contributed by atoms with Gasteiger partial charge in [-0.2, -0.15) is 5.10 Å². The standard InChI is InChI=1S/C17H18FN5O/c1-11-21-15(8-16(24)22-11)6-7-19-9-13-10-20-23-17(13)12-2-4-14(18)5-3-12/h2-5,8,10,19H,6-7,9H2,1H3,(H,20,23)(H,21,22,24). The second kappa shape index (κ2) is 7.18. The molecule has 24 heavy (non-hydrogen) atoms. The van der Waals surface area contributed by atoms with Crippen LogP contribution in [0.25, 0.3) is 11.3 Å². The Morgan fingerprint density at radius 3 is 2.79 bits per heavy atom. The summed E-state index contributed by atoms with van der Waals surface area (Å²) in [6.45, 7) is 3.06. The third kappa shape index (κ3) is 3.94. The monoisotopic (exact) mass is 327 g/mol. The van der Waals surface area contributed by atoms with Gasteiger partial charge in [-0.25, -0.2) is 9.37 Å². The van der Waals surface area contributed by atoms with Crippen molar-refractivity contribution in [2.45, 2.75) is 19.9 Å². The molecule has 0 aliphatic heterocycles. The summed E-state index contributed by atoms with van der Waals surface area (Å²) in [5, 5.41) is 10.3. The Morgan fingerprint density at radius 2 is 2.04 bits per heavy atom. The topological polar surface area (TPSA) is 86.5 Å². The van der Waals surface area contributed by atoms with E-state index in [9.17, 15) is 9.18 Å². The van der Waals surface area contributed by atoms with Crippen LogP contribution in [0.5, 0.6) is 0 Å². The van der Waals surface area contributed by atoms with Crippen LogP contribution in [0.15, 0.2) is 41.3 Å². The van der Waals surface area contributed by atoms with Crippen LogP contribution in [0, 0.1) is 12.7 Å². The third-order valence-electron chi connectivity index (χ3n) is 3.64. The number of benzene rings is 1. The number of hydrogen-bond donors (Lipinski definition) is 3. The molecule has 6 nitrogen and oxygen atoms in total. The quantitative estimate of drug-likeness (QED) is 0.604. The van der Waals surface area contributed by atoms with Gasteiger partial charge in [0.2, 0.25) is 0 Å². The number of aromatic amines is 2. The molecule has 0 saturated heterocycles. The fraction of sp³-hybridized carbons (Fsp3) is 0.235. The van der Waals surface area contributed by atoms with E-state index in [-0.39, 0.29) is 11.4 Å². The Morgan fingerprint density at radius 1 is 1.25 bits per heavy atom. The Kier molecular flexibility index (Phi) is 4.81. The zero-order valence-corrected chi connectivity index (χ0v) is 13.3. The number of rotatable bonds is 6. The predicted molar refractivity (Wildman–Crippen MR) is 89.0 cm³/mol. The van der Waals surface area contributed by atoms with Crippen molar-refractivity contribution in [2.24, 2.45) is 0 Å². The van der Waals surface area contributed by atoms with Gasteiger partial charge in [-0.3, -0.25) is 9.89 Å². The second-order valence-electron chi connectivity index (χ2n) is 5.53. The van der Waals surface area contributed by atoms with Crippen molar-refractivity contribution in [3.05, 3.63) is 69.8 Å². The molecule has 0 atom stereocenters. The van der Waals surface area contributed by atoms with E-state index < -0.39 is 0 Å². The second-order valence-corrected chi connectivity index (χ2v) is 5.53. The zero-order chi connectivity index (χ0) is 16.9. The SMILES string of the molecule is Cc1nc(CCNCc2cn[nH]c2-c2ccc(F)cc2)cc(=O)[nH]1. The molecular formula is C17H18FN5O. The molecule has 0 aliphatic carbocycles. The molecule has 1 aromatic carbocycles. The summed E-state index contributed by atoms with van der Waals surface area (Å²) >= 11 is 0. The van der Waals surface area contributed by atoms with Gasteiger partial charge in [-0.15, -0.1) is 0 Å². The first kappa shape index (κ1) is 16.1. The Bertz CT molecular complexity index is 869. The highest BCUT2D eigenvalue weighted by molar-refractivity contribution is 5.62. The molecule has 3 N–H and O–H groups in total. The average molecular weight is 327 g/mol. The van der Waals surface area contributed by atoms with Crippen LogP contribution < -0.4 is 10.9 Å². The van der Waals surface area contributed by atoms with Crippen molar-refractivity contribution in [2.75, 3.05) is 6.54 Å². The minimum absolute atomic E-state index is 0.133. The Hall–Kier alpha value is -2.80. The zero-order valence-electron chi connectivity index (χ0n) is 13.3. The summed E-state index contributed by atoms with van der Waals surface area (Å²) in [6, 6.07) is 7.80. The van der Waals surface area contributed by atoms with Crippen molar-refractivity contribution in [3.63, 3.8) is 0 Å². The van der Waals surface area contributed by atoms with Crippen LogP contribution in [-0.4, -0.2) is 26.7 Å². The number of hydrogen-bond acceptors (Lipinski definition) is 4. The summed E-state index contributed by atoms with van der Waals surface area (Å²) in [5.41, 5.74) is 3.38. The highest BCUT2D eigenvalue weighted by atomic mass is 19.1. The first-order chi connectivity index (χ1) is 11.6. The lowest BCUT2D eigenvalue weighted by Crippen LogP contribution is -2.19. The summed E-state index contributed by atoms with van der Waals surface area (Å²) in [4.78, 5) is 18.3. The fourth-order valence-electron chi connectivity index (χ4n) is 2.52. The average Bonchev–Trinajstić information content (AvgIpc) is 3.00. The molecule has 124 valence electrons. The van der Waals surface area contributed by atoms with Crippen LogP contribution in [0.2, 0.25) is 0 Å². The van der Waals surface area contributed by atoms with E-state index in [1.54, 1.807) is 25.3 Å². The third-order valence-corrected chi connectivity index (χ3v) is 3.64. The highest BCUT2D eigenvalue weighted by Crippen LogP contribution is 2.21. The van der Waals surface area contributed by atoms with Crippen LogP contribution in [0.4, 0.5) is 4.39 Å². The van der Waals surface area contributed by atoms with E-state index in [0.717, 1.165) is 22.5 Å². The van der Waals surface area contributed by atoms with Gasteiger partial charge in [0, 0.05) is 42.4 Å². The smallest absolute Gasteiger partial charge is 0.251 e. The Labute approximate surface area is 138 Å². The molecular weight excluding hydrogens is 309 g/mol. The van der Waals surface area contributed by atoms with Gasteiger partial charge in [0.1, 0.15) is 11.6 Å². The molecule has 0 saturated carbocycles. The maximum absolute atomic E-state index is 13.0. The minimum Gasteiger partial charge on any atom is -0.312 e. The van der Waals surface area contributed by atoms with Gasteiger partial charge in [0.25, 0.3) is 5.56 Å². The molecule has 0 amide bonds. The van der Waals surface area contributed by atoms with Crippen molar-refractivity contribution < 1.29 is 4.39 Å². The summed E-state index contributed by atoms with van der Waals surface area (Å²) in [6.07, 6.45) is 2.41. The number of aromatic nitrogens is 4. The maximum Gasteiger partial charge on any atom is 0.251 e. The maximum atomic E-state index is 13.0. The van der Waals surface area contributed by atoms with Gasteiger partial charge >= 0.3 is 0 Å². The number of halogens is 1. The lowest BCUT2D eigenvalue weighted by atomic mass is 10.1. The van der Waals surface area contributed by atoms with Gasteiger partial charge in [-0.05, 0) is 31.2 Å². The summed E-state index contributed by atoms with van der Waals surface area (Å²) < 4.78 is 13.0. The molecule has 2 heterocycles. The van der Waals surface area contributed by atoms with Crippen molar-refractivity contribution >= 4 is 0 Å². The van der Waals surface area contributed by atoms with Gasteiger partial charge in [0.05, 0.1) is 11.9 Å². The Balaban J connectivity index is 1.59. The van der Waals surface area contributed by atoms with Crippen LogP contribution in [0.3, 0.4) is 0 Å². The first-order valence-electron chi connectivity index (χ1n) is 7.67. The number of H-pyrrole nitrogens is 2. The number of aryl methyl sites for hydroxylation is 1. The molecule has 0 aliphatic rings. The van der Waals surface area contributed by atoms with E-state index in [1.165, 1.54) is 18.2 Å². The summed E-state index contributed by atoms with van der Waals surface area (Å²) in [5.74, 6) is 0.351. The number of nitrogens with zero attached hydrogens (tertiary/aromatic N) is 2. The van der Waals surface area contributed by atoms with Crippen molar-refractivity contribution in [1.29, 1.82) is 0 Å². The molecule has 0 radical (unpaired) electrons. The van der Waals surface area contributed by atoms with E-state index in [1.807, 2.05) is 0 Å².